The molecule has 1 aromatic heterocycles. The van der Waals surface area contributed by atoms with Crippen molar-refractivity contribution in [3.05, 3.63) is 11.3 Å². The van der Waals surface area contributed by atoms with Crippen molar-refractivity contribution in [1.29, 1.82) is 0 Å². The van der Waals surface area contributed by atoms with Crippen molar-refractivity contribution in [3.63, 3.8) is 0 Å². The smallest absolute Gasteiger partial charge is 0.131 e. The van der Waals surface area contributed by atoms with Gasteiger partial charge in [0.05, 0.1) is 12.3 Å². The van der Waals surface area contributed by atoms with E-state index in [0.29, 0.717) is 18.6 Å². The van der Waals surface area contributed by atoms with Gasteiger partial charge in [-0.05, 0) is 26.2 Å². The Bertz CT molecular complexity index is 437. The van der Waals surface area contributed by atoms with Crippen LogP contribution in [0.4, 0.5) is 5.82 Å². The summed E-state index contributed by atoms with van der Waals surface area (Å²) in [5, 5.41) is 17.5. The van der Waals surface area contributed by atoms with E-state index < -0.39 is 0 Å². The molecule has 0 aliphatic heterocycles. The molecule has 1 fully saturated rings. The van der Waals surface area contributed by atoms with Crippen molar-refractivity contribution in [2.24, 2.45) is 7.05 Å². The van der Waals surface area contributed by atoms with Gasteiger partial charge in [0, 0.05) is 37.8 Å². The number of hydrogen-bond donors (Lipinski definition) is 2. The van der Waals surface area contributed by atoms with Gasteiger partial charge in [0.1, 0.15) is 5.82 Å². The summed E-state index contributed by atoms with van der Waals surface area (Å²) in [4.78, 5) is 2.35. The quantitative estimate of drug-likeness (QED) is 0.796. The van der Waals surface area contributed by atoms with E-state index in [-0.39, 0.29) is 6.61 Å². The van der Waals surface area contributed by atoms with Crippen LogP contribution in [0.25, 0.3) is 0 Å². The molecule has 0 spiro atoms. The van der Waals surface area contributed by atoms with Crippen LogP contribution >= 0.6 is 0 Å². The number of aliphatic hydroxyl groups is 1. The molecule has 5 nitrogen and oxygen atoms in total. The van der Waals surface area contributed by atoms with E-state index in [1.165, 1.54) is 30.6 Å². The summed E-state index contributed by atoms with van der Waals surface area (Å²) in [6, 6.07) is 1.02. The van der Waals surface area contributed by atoms with Crippen LogP contribution in [0, 0.1) is 6.92 Å². The fourth-order valence-electron chi connectivity index (χ4n) is 2.83. The largest absolute Gasteiger partial charge is 0.395 e. The number of nitrogens with one attached hydrogen (secondary N) is 1. The maximum Gasteiger partial charge on any atom is 0.131 e. The van der Waals surface area contributed by atoms with Crippen LogP contribution in [-0.4, -0.2) is 40.1 Å². The van der Waals surface area contributed by atoms with Gasteiger partial charge < -0.3 is 15.3 Å². The van der Waals surface area contributed by atoms with Crippen molar-refractivity contribution in [1.82, 2.24) is 15.1 Å². The summed E-state index contributed by atoms with van der Waals surface area (Å²) >= 11 is 0. The van der Waals surface area contributed by atoms with Gasteiger partial charge in [-0.25, -0.2) is 0 Å². The molecule has 20 heavy (non-hydrogen) atoms. The highest BCUT2D eigenvalue weighted by Crippen LogP contribution is 2.32. The average molecular weight is 280 g/mol. The Kier molecular flexibility index (Phi) is 5.05. The first-order valence-electron chi connectivity index (χ1n) is 7.68. The van der Waals surface area contributed by atoms with Crippen molar-refractivity contribution in [2.45, 2.75) is 58.7 Å². The van der Waals surface area contributed by atoms with E-state index in [9.17, 15) is 5.11 Å². The van der Waals surface area contributed by atoms with Crippen LogP contribution in [-0.2, 0) is 13.6 Å². The molecule has 0 unspecified atom stereocenters. The van der Waals surface area contributed by atoms with Gasteiger partial charge in [0.15, 0.2) is 0 Å². The number of aromatic nitrogens is 2. The Morgan fingerprint density at radius 3 is 2.65 bits per heavy atom. The fraction of sp³-hybridized carbons (Fsp3) is 0.800. The number of aryl methyl sites for hydroxylation is 2. The van der Waals surface area contributed by atoms with Crippen LogP contribution < -0.4 is 10.2 Å². The second-order valence-corrected chi connectivity index (χ2v) is 6.05. The lowest BCUT2D eigenvalue weighted by molar-refractivity contribution is 0.281. The molecule has 1 aliphatic carbocycles. The van der Waals surface area contributed by atoms with Gasteiger partial charge in [-0.3, -0.25) is 4.68 Å². The molecule has 0 radical (unpaired) electrons. The Morgan fingerprint density at radius 1 is 1.45 bits per heavy atom. The highest BCUT2D eigenvalue weighted by Gasteiger charge is 2.29. The van der Waals surface area contributed by atoms with Gasteiger partial charge in [-0.2, -0.15) is 5.10 Å². The van der Waals surface area contributed by atoms with Crippen LogP contribution in [0.2, 0.25) is 0 Å². The molecule has 1 aliphatic rings. The summed E-state index contributed by atoms with van der Waals surface area (Å²) in [6.07, 6.45) is 3.74. The molecule has 0 saturated heterocycles. The average Bonchev–Trinajstić information content (AvgIpc) is 2.58. The fourth-order valence-corrected chi connectivity index (χ4v) is 2.83. The second-order valence-electron chi connectivity index (χ2n) is 6.05. The minimum absolute atomic E-state index is 0.192. The summed E-state index contributed by atoms with van der Waals surface area (Å²) < 4.78 is 1.97. The highest BCUT2D eigenvalue weighted by atomic mass is 16.3. The first-order valence-corrected chi connectivity index (χ1v) is 7.68. The van der Waals surface area contributed by atoms with Crippen molar-refractivity contribution < 1.29 is 5.11 Å². The zero-order valence-corrected chi connectivity index (χ0v) is 13.2. The maximum absolute atomic E-state index is 9.39. The van der Waals surface area contributed by atoms with E-state index >= 15 is 0 Å². The Labute approximate surface area is 122 Å². The Balaban J connectivity index is 2.26. The van der Waals surface area contributed by atoms with E-state index in [1.54, 1.807) is 0 Å². The van der Waals surface area contributed by atoms with Crippen LogP contribution in [0.3, 0.4) is 0 Å². The third-order valence-corrected chi connectivity index (χ3v) is 4.13. The molecule has 1 saturated carbocycles. The summed E-state index contributed by atoms with van der Waals surface area (Å²) in [5.74, 6) is 1.18. The molecule has 2 rings (SSSR count). The predicted octanol–water partition coefficient (Wildman–Crippen LogP) is 1.58. The number of anilines is 1. The molecular formula is C15H28N4O. The molecule has 2 N–H and O–H groups in total. The van der Waals surface area contributed by atoms with Crippen LogP contribution in [0.5, 0.6) is 0 Å². The minimum Gasteiger partial charge on any atom is -0.395 e. The summed E-state index contributed by atoms with van der Waals surface area (Å²) in [6.45, 7) is 8.10. The Morgan fingerprint density at radius 2 is 2.15 bits per heavy atom. The standard InChI is InChI=1S/C15H28N4O/c1-11(2)16-10-14-12(3)17-18(4)15(14)19(8-9-20)13-6-5-7-13/h11,13,16,20H,5-10H2,1-4H3. The number of nitrogens with zero attached hydrogens (tertiary/aromatic N) is 3. The van der Waals surface area contributed by atoms with Gasteiger partial charge in [-0.1, -0.05) is 13.8 Å². The molecular weight excluding hydrogens is 252 g/mol. The second kappa shape index (κ2) is 6.59. The highest BCUT2D eigenvalue weighted by molar-refractivity contribution is 5.51. The summed E-state index contributed by atoms with van der Waals surface area (Å²) in [7, 11) is 2.00. The zero-order valence-electron chi connectivity index (χ0n) is 13.2. The lowest BCUT2D eigenvalue weighted by Crippen LogP contribution is -2.43. The third kappa shape index (κ3) is 3.15. The monoisotopic (exact) mass is 280 g/mol. The molecule has 1 aromatic rings. The van der Waals surface area contributed by atoms with Crippen LogP contribution in [0.15, 0.2) is 0 Å². The van der Waals surface area contributed by atoms with E-state index in [2.05, 4.69) is 36.1 Å². The van der Waals surface area contributed by atoms with Gasteiger partial charge in [-0.15, -0.1) is 0 Å². The predicted molar refractivity (Wildman–Crippen MR) is 82.0 cm³/mol. The normalized spacial score (nSPS) is 15.7. The van der Waals surface area contributed by atoms with Gasteiger partial charge in [0.25, 0.3) is 0 Å². The topological polar surface area (TPSA) is 53.3 Å². The first kappa shape index (κ1) is 15.3. The molecule has 5 heteroatoms. The van der Waals surface area contributed by atoms with Crippen molar-refractivity contribution in [3.8, 4) is 0 Å². The molecule has 0 atom stereocenters. The molecule has 114 valence electrons. The number of rotatable bonds is 7. The summed E-state index contributed by atoms with van der Waals surface area (Å²) in [5.41, 5.74) is 2.35. The third-order valence-electron chi connectivity index (χ3n) is 4.13. The van der Waals surface area contributed by atoms with Crippen molar-refractivity contribution >= 4 is 5.82 Å². The minimum atomic E-state index is 0.192. The van der Waals surface area contributed by atoms with E-state index in [4.69, 9.17) is 0 Å². The Hall–Kier alpha value is -1.07. The molecule has 0 bridgehead atoms. The van der Waals surface area contributed by atoms with E-state index in [0.717, 1.165) is 12.2 Å². The maximum atomic E-state index is 9.39. The van der Waals surface area contributed by atoms with Gasteiger partial charge >= 0.3 is 0 Å². The van der Waals surface area contributed by atoms with Crippen LogP contribution in [0.1, 0.15) is 44.4 Å². The number of aliphatic hydroxyl groups excluding tert-OH is 1. The first-order chi connectivity index (χ1) is 9.54. The number of hydrogen-bond acceptors (Lipinski definition) is 4. The molecule has 1 heterocycles. The van der Waals surface area contributed by atoms with E-state index in [1.807, 2.05) is 11.7 Å². The molecule has 0 aromatic carbocycles. The lowest BCUT2D eigenvalue weighted by atomic mass is 9.91. The van der Waals surface area contributed by atoms with Gasteiger partial charge in [0.2, 0.25) is 0 Å². The SMILES string of the molecule is Cc1nn(C)c(N(CCO)C2CCC2)c1CNC(C)C. The molecule has 0 amide bonds. The van der Waals surface area contributed by atoms with Crippen molar-refractivity contribution in [2.75, 3.05) is 18.1 Å². The lowest BCUT2D eigenvalue weighted by Gasteiger charge is -2.39. The zero-order chi connectivity index (χ0) is 14.7.